The average Bonchev–Trinajstić information content (AvgIpc) is 2.52. The number of nitrogens with one attached hydrogen (secondary N) is 2. The molecule has 146 valence electrons. The van der Waals surface area contributed by atoms with E-state index in [0.717, 1.165) is 5.75 Å². The van der Waals surface area contributed by atoms with Crippen LogP contribution in [0.4, 0.5) is 4.79 Å². The molecule has 0 bridgehead atoms. The lowest BCUT2D eigenvalue weighted by Crippen LogP contribution is -2.50. The highest BCUT2D eigenvalue weighted by atomic mass is 32.2. The second-order valence-electron chi connectivity index (χ2n) is 7.31. The molecule has 1 rings (SSSR count). The van der Waals surface area contributed by atoms with Crippen molar-refractivity contribution in [2.24, 2.45) is 5.92 Å². The van der Waals surface area contributed by atoms with E-state index in [1.54, 1.807) is 25.6 Å². The fourth-order valence-electron chi connectivity index (χ4n) is 2.33. The van der Waals surface area contributed by atoms with E-state index in [1.807, 2.05) is 20.8 Å². The van der Waals surface area contributed by atoms with E-state index in [0.29, 0.717) is 6.42 Å². The van der Waals surface area contributed by atoms with Gasteiger partial charge in [0.05, 0.1) is 6.10 Å². The van der Waals surface area contributed by atoms with Gasteiger partial charge in [-0.15, -0.1) is 11.8 Å². The van der Waals surface area contributed by atoms with Crippen molar-refractivity contribution in [3.63, 3.8) is 0 Å². The van der Waals surface area contributed by atoms with Gasteiger partial charge in [0.2, 0.25) is 5.91 Å². The molecule has 2 N–H and O–H groups in total. The topological polar surface area (TPSA) is 67.4 Å². The molecule has 5 nitrogen and oxygen atoms in total. The standard InChI is InChI=1S/C20H32N2O3S/c1-13(2)11-18(22-20(24)25-14(3)4)19(23)21-16(6)12-26-17-9-7-15(5)8-10-17/h7-10,13-14,16,18H,11-12H2,1-6H3,(H,21,23)(H,22,24). The Morgan fingerprint density at radius 1 is 1.04 bits per heavy atom. The Kier molecular flexibility index (Phi) is 9.55. The molecule has 0 aliphatic heterocycles. The van der Waals surface area contributed by atoms with Crippen molar-refractivity contribution in [3.8, 4) is 0 Å². The van der Waals surface area contributed by atoms with Gasteiger partial charge in [-0.2, -0.15) is 0 Å². The number of carbonyl (C=O) groups excluding carboxylic acids is 2. The quantitative estimate of drug-likeness (QED) is 0.632. The third-order valence-corrected chi connectivity index (χ3v) is 4.84. The molecule has 0 aromatic heterocycles. The summed E-state index contributed by atoms with van der Waals surface area (Å²) in [5, 5.41) is 5.68. The average molecular weight is 381 g/mol. The first-order valence-corrected chi connectivity index (χ1v) is 10.1. The van der Waals surface area contributed by atoms with Gasteiger partial charge in [-0.25, -0.2) is 4.79 Å². The van der Waals surface area contributed by atoms with E-state index >= 15 is 0 Å². The molecule has 0 fully saturated rings. The number of benzene rings is 1. The van der Waals surface area contributed by atoms with Crippen LogP contribution < -0.4 is 10.6 Å². The number of rotatable bonds is 9. The van der Waals surface area contributed by atoms with Crippen LogP contribution in [-0.2, 0) is 9.53 Å². The summed E-state index contributed by atoms with van der Waals surface area (Å²) in [6.07, 6.45) is -0.207. The number of thioether (sulfide) groups is 1. The molecule has 1 aromatic carbocycles. The lowest BCUT2D eigenvalue weighted by molar-refractivity contribution is -0.124. The van der Waals surface area contributed by atoms with Crippen LogP contribution >= 0.6 is 11.8 Å². The van der Waals surface area contributed by atoms with Gasteiger partial charge in [0, 0.05) is 16.7 Å². The summed E-state index contributed by atoms with van der Waals surface area (Å²) >= 11 is 1.70. The molecule has 0 saturated carbocycles. The Morgan fingerprint density at radius 3 is 2.19 bits per heavy atom. The number of aryl methyl sites for hydroxylation is 1. The van der Waals surface area contributed by atoms with Gasteiger partial charge < -0.3 is 15.4 Å². The minimum Gasteiger partial charge on any atom is -0.447 e. The molecular weight excluding hydrogens is 348 g/mol. The van der Waals surface area contributed by atoms with Crippen LogP contribution in [0.25, 0.3) is 0 Å². The van der Waals surface area contributed by atoms with Crippen LogP contribution in [0, 0.1) is 12.8 Å². The molecule has 2 amide bonds. The monoisotopic (exact) mass is 380 g/mol. The Morgan fingerprint density at radius 2 is 1.65 bits per heavy atom. The van der Waals surface area contributed by atoms with Gasteiger partial charge in [0.1, 0.15) is 6.04 Å². The number of ether oxygens (including phenoxy) is 1. The number of alkyl carbamates (subject to hydrolysis) is 1. The van der Waals surface area contributed by atoms with E-state index in [4.69, 9.17) is 4.74 Å². The van der Waals surface area contributed by atoms with Gasteiger partial charge in [-0.05, 0) is 52.2 Å². The maximum atomic E-state index is 12.6. The summed E-state index contributed by atoms with van der Waals surface area (Å²) in [7, 11) is 0. The first-order chi connectivity index (χ1) is 12.2. The van der Waals surface area contributed by atoms with E-state index < -0.39 is 12.1 Å². The highest BCUT2D eigenvalue weighted by molar-refractivity contribution is 7.99. The van der Waals surface area contributed by atoms with Crippen LogP contribution in [0.1, 0.15) is 46.6 Å². The molecule has 26 heavy (non-hydrogen) atoms. The van der Waals surface area contributed by atoms with E-state index in [9.17, 15) is 9.59 Å². The number of hydrogen-bond donors (Lipinski definition) is 2. The molecule has 0 heterocycles. The van der Waals surface area contributed by atoms with Crippen LogP contribution in [0.2, 0.25) is 0 Å². The van der Waals surface area contributed by atoms with E-state index in [2.05, 4.69) is 41.8 Å². The third kappa shape index (κ3) is 9.13. The van der Waals surface area contributed by atoms with E-state index in [1.165, 1.54) is 10.5 Å². The second kappa shape index (κ2) is 11.1. The molecule has 0 spiro atoms. The van der Waals surface area contributed by atoms with Gasteiger partial charge in [0.25, 0.3) is 0 Å². The van der Waals surface area contributed by atoms with Crippen LogP contribution in [-0.4, -0.2) is 35.9 Å². The van der Waals surface area contributed by atoms with Gasteiger partial charge in [-0.1, -0.05) is 31.5 Å². The van der Waals surface area contributed by atoms with Crippen LogP contribution in [0.3, 0.4) is 0 Å². The zero-order valence-corrected chi connectivity index (χ0v) is 17.5. The largest absolute Gasteiger partial charge is 0.447 e. The zero-order chi connectivity index (χ0) is 19.7. The van der Waals surface area contributed by atoms with Crippen molar-refractivity contribution in [2.75, 3.05) is 5.75 Å². The van der Waals surface area contributed by atoms with Crippen molar-refractivity contribution >= 4 is 23.8 Å². The minimum atomic E-state index is -0.590. The number of carbonyl (C=O) groups is 2. The fraction of sp³-hybridized carbons (Fsp3) is 0.600. The maximum Gasteiger partial charge on any atom is 0.408 e. The Balaban J connectivity index is 2.54. The minimum absolute atomic E-state index is 0.00798. The Labute approximate surface area is 161 Å². The van der Waals surface area contributed by atoms with Gasteiger partial charge >= 0.3 is 6.09 Å². The van der Waals surface area contributed by atoms with Crippen LogP contribution in [0.15, 0.2) is 29.2 Å². The normalized spacial score (nSPS) is 13.4. The van der Waals surface area contributed by atoms with Crippen molar-refractivity contribution < 1.29 is 14.3 Å². The molecule has 2 unspecified atom stereocenters. The lowest BCUT2D eigenvalue weighted by Gasteiger charge is -2.23. The molecule has 1 aromatic rings. The number of hydrogen-bond acceptors (Lipinski definition) is 4. The summed E-state index contributed by atoms with van der Waals surface area (Å²) in [6, 6.07) is 7.72. The Bertz CT molecular complexity index is 573. The second-order valence-corrected chi connectivity index (χ2v) is 8.41. The fourth-order valence-corrected chi connectivity index (χ4v) is 3.19. The van der Waals surface area contributed by atoms with Gasteiger partial charge in [0.15, 0.2) is 0 Å². The third-order valence-electron chi connectivity index (χ3n) is 3.57. The molecular formula is C20H32N2O3S. The zero-order valence-electron chi connectivity index (χ0n) is 16.7. The molecule has 0 radical (unpaired) electrons. The van der Waals surface area contributed by atoms with Crippen molar-refractivity contribution in [2.45, 2.75) is 71.0 Å². The SMILES string of the molecule is Cc1ccc(SCC(C)NC(=O)C(CC(C)C)NC(=O)OC(C)C)cc1. The summed E-state index contributed by atoms with van der Waals surface area (Å²) in [5.74, 6) is 0.873. The van der Waals surface area contributed by atoms with Crippen molar-refractivity contribution in [3.05, 3.63) is 29.8 Å². The smallest absolute Gasteiger partial charge is 0.408 e. The maximum absolute atomic E-state index is 12.6. The molecule has 0 saturated heterocycles. The summed E-state index contributed by atoms with van der Waals surface area (Å²) in [6.45, 7) is 11.6. The first-order valence-electron chi connectivity index (χ1n) is 9.14. The molecule has 0 aliphatic carbocycles. The highest BCUT2D eigenvalue weighted by Gasteiger charge is 2.24. The van der Waals surface area contributed by atoms with Crippen molar-refractivity contribution in [1.29, 1.82) is 0 Å². The summed E-state index contributed by atoms with van der Waals surface area (Å²) in [5.41, 5.74) is 1.23. The highest BCUT2D eigenvalue weighted by Crippen LogP contribution is 2.19. The predicted octanol–water partition coefficient (Wildman–Crippen LogP) is 4.14. The Hall–Kier alpha value is -1.69. The lowest BCUT2D eigenvalue weighted by atomic mass is 10.0. The summed E-state index contributed by atoms with van der Waals surface area (Å²) < 4.78 is 5.10. The van der Waals surface area contributed by atoms with Crippen molar-refractivity contribution in [1.82, 2.24) is 10.6 Å². The van der Waals surface area contributed by atoms with Gasteiger partial charge in [-0.3, -0.25) is 4.79 Å². The molecule has 2 atom stereocenters. The van der Waals surface area contributed by atoms with Crippen LogP contribution in [0.5, 0.6) is 0 Å². The van der Waals surface area contributed by atoms with E-state index in [-0.39, 0.29) is 24.0 Å². The molecule has 0 aliphatic rings. The first kappa shape index (κ1) is 22.4. The molecule has 6 heteroatoms. The predicted molar refractivity (Wildman–Crippen MR) is 108 cm³/mol. The number of amides is 2. The summed E-state index contributed by atoms with van der Waals surface area (Å²) in [4.78, 5) is 25.6.